The number of rotatable bonds is 5. The van der Waals surface area contributed by atoms with E-state index in [1.54, 1.807) is 31.2 Å². The number of esters is 1. The first-order chi connectivity index (χ1) is 11.3. The monoisotopic (exact) mass is 345 g/mol. The van der Waals surface area contributed by atoms with E-state index in [0.717, 1.165) is 11.1 Å². The largest absolute Gasteiger partial charge is 0.464 e. The van der Waals surface area contributed by atoms with Crippen LogP contribution in [0.4, 0.5) is 0 Å². The minimum absolute atomic E-state index is 0.0790. The van der Waals surface area contributed by atoms with E-state index < -0.39 is 16.0 Å². The molecular formula is C18H19NO4S. The van der Waals surface area contributed by atoms with Gasteiger partial charge >= 0.3 is 5.97 Å². The first-order valence-electron chi connectivity index (χ1n) is 7.29. The van der Waals surface area contributed by atoms with Crippen LogP contribution in [0.2, 0.25) is 0 Å². The Balaban J connectivity index is 2.47. The highest BCUT2D eigenvalue weighted by molar-refractivity contribution is 7.89. The van der Waals surface area contributed by atoms with Crippen molar-refractivity contribution in [2.75, 3.05) is 7.11 Å². The molecule has 0 spiro atoms. The van der Waals surface area contributed by atoms with Gasteiger partial charge in [-0.2, -0.15) is 0 Å². The molecule has 0 fully saturated rings. The molecule has 0 amide bonds. The molecule has 126 valence electrons. The number of carbonyl (C=O) groups excluding carboxylic acids is 1. The van der Waals surface area contributed by atoms with Gasteiger partial charge in [0.1, 0.15) is 5.70 Å². The zero-order valence-electron chi connectivity index (χ0n) is 13.7. The summed E-state index contributed by atoms with van der Waals surface area (Å²) in [6.07, 6.45) is 0. The number of hydrogen-bond acceptors (Lipinski definition) is 4. The number of nitrogens with one attached hydrogen (secondary N) is 1. The van der Waals surface area contributed by atoms with Crippen LogP contribution in [0.3, 0.4) is 0 Å². The standard InChI is InChI=1S/C18H19NO4S/c1-13-9-11-16(12-10-13)24(21,22)19-17(18(20)23-3)14(2)15-7-5-4-6-8-15/h4-12,19H,1-3H3/b17-14+. The van der Waals surface area contributed by atoms with Crippen LogP contribution in [-0.2, 0) is 19.6 Å². The average molecular weight is 345 g/mol. The van der Waals surface area contributed by atoms with Crippen molar-refractivity contribution in [3.8, 4) is 0 Å². The predicted molar refractivity (Wildman–Crippen MR) is 92.6 cm³/mol. The topological polar surface area (TPSA) is 72.5 Å². The molecule has 0 radical (unpaired) electrons. The van der Waals surface area contributed by atoms with Gasteiger partial charge in [0, 0.05) is 0 Å². The van der Waals surface area contributed by atoms with Gasteiger partial charge in [-0.15, -0.1) is 0 Å². The molecule has 0 aliphatic carbocycles. The Morgan fingerprint density at radius 1 is 1.00 bits per heavy atom. The van der Waals surface area contributed by atoms with Crippen LogP contribution in [0, 0.1) is 6.92 Å². The SMILES string of the molecule is COC(=O)/C(NS(=O)(=O)c1ccc(C)cc1)=C(/C)c1ccccc1. The lowest BCUT2D eigenvalue weighted by Gasteiger charge is -2.14. The fourth-order valence-electron chi connectivity index (χ4n) is 2.12. The number of hydrogen-bond donors (Lipinski definition) is 1. The normalized spacial score (nSPS) is 12.3. The molecule has 5 nitrogen and oxygen atoms in total. The van der Waals surface area contributed by atoms with Gasteiger partial charge in [-0.25, -0.2) is 13.2 Å². The highest BCUT2D eigenvalue weighted by atomic mass is 32.2. The smallest absolute Gasteiger partial charge is 0.355 e. The Hall–Kier alpha value is -2.60. The summed E-state index contributed by atoms with van der Waals surface area (Å²) < 4.78 is 32.2. The molecule has 0 aromatic heterocycles. The van der Waals surface area contributed by atoms with Crippen molar-refractivity contribution in [2.24, 2.45) is 0 Å². The van der Waals surface area contributed by atoms with Crippen molar-refractivity contribution < 1.29 is 17.9 Å². The second-order valence-corrected chi connectivity index (χ2v) is 6.96. The summed E-state index contributed by atoms with van der Waals surface area (Å²) in [6.45, 7) is 3.53. The van der Waals surface area contributed by atoms with E-state index in [-0.39, 0.29) is 10.6 Å². The summed E-state index contributed by atoms with van der Waals surface area (Å²) >= 11 is 0. The van der Waals surface area contributed by atoms with Crippen LogP contribution in [0.15, 0.2) is 65.2 Å². The maximum absolute atomic E-state index is 12.6. The van der Waals surface area contributed by atoms with Gasteiger partial charge in [-0.1, -0.05) is 48.0 Å². The van der Waals surface area contributed by atoms with Crippen LogP contribution >= 0.6 is 0 Å². The summed E-state index contributed by atoms with van der Waals surface area (Å²) in [7, 11) is -2.68. The van der Waals surface area contributed by atoms with Crippen LogP contribution in [-0.4, -0.2) is 21.5 Å². The van der Waals surface area contributed by atoms with E-state index in [1.165, 1.54) is 19.2 Å². The molecule has 0 bridgehead atoms. The van der Waals surface area contributed by atoms with Crippen molar-refractivity contribution in [3.63, 3.8) is 0 Å². The molecule has 0 heterocycles. The maximum atomic E-state index is 12.6. The fraction of sp³-hybridized carbons (Fsp3) is 0.167. The van der Waals surface area contributed by atoms with E-state index in [2.05, 4.69) is 4.72 Å². The number of aryl methyl sites for hydroxylation is 1. The third-order valence-electron chi connectivity index (χ3n) is 3.54. The molecule has 0 saturated heterocycles. The number of carbonyl (C=O) groups is 1. The molecule has 2 rings (SSSR count). The zero-order chi connectivity index (χ0) is 17.7. The van der Waals surface area contributed by atoms with Crippen LogP contribution in [0.25, 0.3) is 5.57 Å². The van der Waals surface area contributed by atoms with E-state index in [4.69, 9.17) is 4.74 Å². The lowest BCUT2D eigenvalue weighted by atomic mass is 10.1. The van der Waals surface area contributed by atoms with Crippen molar-refractivity contribution in [2.45, 2.75) is 18.7 Å². The van der Waals surface area contributed by atoms with Gasteiger partial charge in [0.05, 0.1) is 12.0 Å². The van der Waals surface area contributed by atoms with Crippen molar-refractivity contribution in [1.29, 1.82) is 0 Å². The first kappa shape index (κ1) is 17.7. The molecule has 24 heavy (non-hydrogen) atoms. The van der Waals surface area contributed by atoms with Gasteiger partial charge < -0.3 is 4.74 Å². The van der Waals surface area contributed by atoms with Crippen molar-refractivity contribution in [3.05, 3.63) is 71.4 Å². The van der Waals surface area contributed by atoms with Gasteiger partial charge in [-0.3, -0.25) is 4.72 Å². The van der Waals surface area contributed by atoms with Gasteiger partial charge in [-0.05, 0) is 37.1 Å². The number of methoxy groups -OCH3 is 1. The maximum Gasteiger partial charge on any atom is 0.355 e. The number of sulfonamides is 1. The van der Waals surface area contributed by atoms with E-state index in [9.17, 15) is 13.2 Å². The Labute approximate surface area is 142 Å². The zero-order valence-corrected chi connectivity index (χ0v) is 14.6. The second kappa shape index (κ2) is 7.31. The van der Waals surface area contributed by atoms with Crippen molar-refractivity contribution in [1.82, 2.24) is 4.72 Å². The molecule has 0 saturated carbocycles. The third-order valence-corrected chi connectivity index (χ3v) is 4.90. The second-order valence-electron chi connectivity index (χ2n) is 5.28. The highest BCUT2D eigenvalue weighted by Gasteiger charge is 2.22. The first-order valence-corrected chi connectivity index (χ1v) is 8.77. The molecule has 0 unspecified atom stereocenters. The molecule has 2 aromatic carbocycles. The average Bonchev–Trinajstić information content (AvgIpc) is 2.59. The molecule has 0 atom stereocenters. The van der Waals surface area contributed by atoms with E-state index in [1.807, 2.05) is 25.1 Å². The molecule has 6 heteroatoms. The van der Waals surface area contributed by atoms with Crippen LogP contribution in [0.5, 0.6) is 0 Å². The summed E-state index contributed by atoms with van der Waals surface area (Å²) in [5.41, 5.74) is 2.05. The predicted octanol–water partition coefficient (Wildman–Crippen LogP) is 2.88. The molecule has 2 aromatic rings. The summed E-state index contributed by atoms with van der Waals surface area (Å²) in [5, 5.41) is 0. The minimum Gasteiger partial charge on any atom is -0.464 e. The molecular weight excluding hydrogens is 326 g/mol. The van der Waals surface area contributed by atoms with Crippen LogP contribution in [0.1, 0.15) is 18.1 Å². The van der Waals surface area contributed by atoms with Crippen molar-refractivity contribution >= 4 is 21.6 Å². The minimum atomic E-state index is -3.89. The summed E-state index contributed by atoms with van der Waals surface area (Å²) in [5.74, 6) is -0.743. The Morgan fingerprint density at radius 3 is 2.12 bits per heavy atom. The lowest BCUT2D eigenvalue weighted by Crippen LogP contribution is -2.29. The fourth-order valence-corrected chi connectivity index (χ4v) is 3.23. The van der Waals surface area contributed by atoms with E-state index >= 15 is 0 Å². The Kier molecular flexibility index (Phi) is 5.41. The summed E-state index contributed by atoms with van der Waals surface area (Å²) in [6, 6.07) is 15.4. The molecule has 0 aliphatic heterocycles. The lowest BCUT2D eigenvalue weighted by molar-refractivity contribution is -0.136. The molecule has 1 N–H and O–H groups in total. The quantitative estimate of drug-likeness (QED) is 0.668. The molecule has 0 aliphatic rings. The third kappa shape index (κ3) is 4.02. The van der Waals surface area contributed by atoms with Gasteiger partial charge in [0.2, 0.25) is 0 Å². The Bertz CT molecular complexity index is 854. The highest BCUT2D eigenvalue weighted by Crippen LogP contribution is 2.20. The number of benzene rings is 2. The van der Waals surface area contributed by atoms with Gasteiger partial charge in [0.25, 0.3) is 10.0 Å². The Morgan fingerprint density at radius 2 is 1.58 bits per heavy atom. The summed E-state index contributed by atoms with van der Waals surface area (Å²) in [4.78, 5) is 12.2. The van der Waals surface area contributed by atoms with E-state index in [0.29, 0.717) is 5.57 Å². The number of allylic oxidation sites excluding steroid dienone is 1. The van der Waals surface area contributed by atoms with Crippen LogP contribution < -0.4 is 4.72 Å². The van der Waals surface area contributed by atoms with Gasteiger partial charge in [0.15, 0.2) is 0 Å². The number of ether oxygens (including phenoxy) is 1.